The van der Waals surface area contributed by atoms with Crippen molar-refractivity contribution in [3.8, 4) is 0 Å². The second kappa shape index (κ2) is 7.00. The fraction of sp³-hybridized carbons (Fsp3) is 0.667. The van der Waals surface area contributed by atoms with Gasteiger partial charge in [-0.25, -0.2) is 4.79 Å². The molecule has 6 nitrogen and oxygen atoms in total. The SMILES string of the molecule is CCOC(=O)c1coc(NC(CCO)C(C)C)n1. The topological polar surface area (TPSA) is 84.6 Å². The fourth-order valence-electron chi connectivity index (χ4n) is 1.51. The lowest BCUT2D eigenvalue weighted by molar-refractivity contribution is 0.0519. The number of esters is 1. The number of oxazole rings is 1. The third kappa shape index (κ3) is 4.03. The number of hydrogen-bond acceptors (Lipinski definition) is 6. The summed E-state index contributed by atoms with van der Waals surface area (Å²) in [7, 11) is 0. The van der Waals surface area contributed by atoms with Gasteiger partial charge in [0.15, 0.2) is 5.69 Å². The number of nitrogens with zero attached hydrogens (tertiary/aromatic N) is 1. The minimum Gasteiger partial charge on any atom is -0.461 e. The number of anilines is 1. The molecule has 2 N–H and O–H groups in total. The maximum absolute atomic E-state index is 11.4. The van der Waals surface area contributed by atoms with E-state index in [0.717, 1.165) is 0 Å². The van der Waals surface area contributed by atoms with E-state index in [1.165, 1.54) is 6.26 Å². The lowest BCUT2D eigenvalue weighted by Crippen LogP contribution is -2.27. The van der Waals surface area contributed by atoms with Gasteiger partial charge in [-0.1, -0.05) is 13.8 Å². The van der Waals surface area contributed by atoms with E-state index in [0.29, 0.717) is 18.9 Å². The summed E-state index contributed by atoms with van der Waals surface area (Å²) in [6.07, 6.45) is 1.85. The lowest BCUT2D eigenvalue weighted by atomic mass is 10.0. The van der Waals surface area contributed by atoms with Crippen LogP contribution in [0, 0.1) is 5.92 Å². The van der Waals surface area contributed by atoms with Crippen LogP contribution in [-0.4, -0.2) is 35.3 Å². The first kappa shape index (κ1) is 14.5. The van der Waals surface area contributed by atoms with Gasteiger partial charge < -0.3 is 19.6 Å². The van der Waals surface area contributed by atoms with E-state index in [1.54, 1.807) is 6.92 Å². The Bertz CT molecular complexity index is 376. The number of nitrogens with one attached hydrogen (secondary N) is 1. The van der Waals surface area contributed by atoms with Gasteiger partial charge in [-0.05, 0) is 19.3 Å². The van der Waals surface area contributed by atoms with Crippen LogP contribution in [-0.2, 0) is 4.74 Å². The molecule has 1 aromatic heterocycles. The zero-order chi connectivity index (χ0) is 13.5. The van der Waals surface area contributed by atoms with Gasteiger partial charge in [-0.15, -0.1) is 0 Å². The second-order valence-corrected chi connectivity index (χ2v) is 4.27. The Labute approximate surface area is 106 Å². The first-order chi connectivity index (χ1) is 8.58. The van der Waals surface area contributed by atoms with E-state index >= 15 is 0 Å². The molecule has 1 heterocycles. The normalized spacial score (nSPS) is 12.5. The van der Waals surface area contributed by atoms with Crippen LogP contribution >= 0.6 is 0 Å². The largest absolute Gasteiger partial charge is 0.461 e. The van der Waals surface area contributed by atoms with E-state index < -0.39 is 5.97 Å². The average molecular weight is 256 g/mol. The quantitative estimate of drug-likeness (QED) is 0.722. The summed E-state index contributed by atoms with van der Waals surface area (Å²) in [6.45, 7) is 6.17. The van der Waals surface area contributed by atoms with Crippen LogP contribution in [0.2, 0.25) is 0 Å². The Hall–Kier alpha value is -1.56. The highest BCUT2D eigenvalue weighted by Gasteiger charge is 2.17. The molecule has 0 amide bonds. The number of carbonyl (C=O) groups is 1. The first-order valence-electron chi connectivity index (χ1n) is 6.08. The van der Waals surface area contributed by atoms with Crippen molar-refractivity contribution in [2.24, 2.45) is 5.92 Å². The summed E-state index contributed by atoms with van der Waals surface area (Å²) in [6, 6.07) is 0.314. The van der Waals surface area contributed by atoms with Crippen LogP contribution in [0.4, 0.5) is 6.01 Å². The van der Waals surface area contributed by atoms with Gasteiger partial charge in [-0.3, -0.25) is 0 Å². The van der Waals surface area contributed by atoms with Gasteiger partial charge in [0.1, 0.15) is 6.26 Å². The highest BCUT2D eigenvalue weighted by atomic mass is 16.5. The summed E-state index contributed by atoms with van der Waals surface area (Å²) < 4.78 is 9.97. The van der Waals surface area contributed by atoms with Gasteiger partial charge >= 0.3 is 5.97 Å². The summed E-state index contributed by atoms with van der Waals surface area (Å²) in [5.41, 5.74) is 0.144. The number of rotatable bonds is 7. The van der Waals surface area contributed by atoms with Crippen LogP contribution in [0.25, 0.3) is 0 Å². The van der Waals surface area contributed by atoms with Crippen molar-refractivity contribution in [3.05, 3.63) is 12.0 Å². The maximum atomic E-state index is 11.4. The molecule has 1 aromatic rings. The molecule has 1 rings (SSSR count). The van der Waals surface area contributed by atoms with Crippen molar-refractivity contribution in [1.82, 2.24) is 4.98 Å². The second-order valence-electron chi connectivity index (χ2n) is 4.27. The highest BCUT2D eigenvalue weighted by Crippen LogP contribution is 2.15. The summed E-state index contributed by atoms with van der Waals surface area (Å²) >= 11 is 0. The highest BCUT2D eigenvalue weighted by molar-refractivity contribution is 5.87. The molecule has 0 bridgehead atoms. The number of carbonyl (C=O) groups excluding carboxylic acids is 1. The molecule has 0 fully saturated rings. The molecule has 0 saturated carbocycles. The molecule has 1 atom stereocenters. The number of aromatic nitrogens is 1. The minimum absolute atomic E-state index is 0.0451. The molecule has 0 aliphatic heterocycles. The minimum atomic E-state index is -0.502. The van der Waals surface area contributed by atoms with Gasteiger partial charge in [0.2, 0.25) is 0 Å². The number of aliphatic hydroxyl groups excluding tert-OH is 1. The van der Waals surface area contributed by atoms with Crippen LogP contribution in [0.3, 0.4) is 0 Å². The lowest BCUT2D eigenvalue weighted by Gasteiger charge is -2.19. The van der Waals surface area contributed by atoms with Crippen LogP contribution in [0.15, 0.2) is 10.7 Å². The molecule has 0 spiro atoms. The van der Waals surface area contributed by atoms with Crippen LogP contribution in [0.1, 0.15) is 37.7 Å². The van der Waals surface area contributed by atoms with E-state index in [2.05, 4.69) is 10.3 Å². The zero-order valence-corrected chi connectivity index (χ0v) is 11.0. The van der Waals surface area contributed by atoms with Crippen LogP contribution < -0.4 is 5.32 Å². The smallest absolute Gasteiger partial charge is 0.360 e. The number of ether oxygens (including phenoxy) is 1. The van der Waals surface area contributed by atoms with E-state index in [4.69, 9.17) is 14.3 Å². The molecule has 6 heteroatoms. The van der Waals surface area contributed by atoms with Crippen molar-refractivity contribution in [2.75, 3.05) is 18.5 Å². The van der Waals surface area contributed by atoms with Crippen molar-refractivity contribution >= 4 is 12.0 Å². The molecule has 102 valence electrons. The predicted octanol–water partition coefficient (Wildman–Crippen LogP) is 1.67. The Kier molecular flexibility index (Phi) is 5.64. The van der Waals surface area contributed by atoms with Gasteiger partial charge in [0, 0.05) is 12.6 Å². The van der Waals surface area contributed by atoms with Crippen molar-refractivity contribution in [1.29, 1.82) is 0 Å². The van der Waals surface area contributed by atoms with E-state index in [1.807, 2.05) is 13.8 Å². The molecule has 18 heavy (non-hydrogen) atoms. The Balaban J connectivity index is 2.64. The predicted molar refractivity (Wildman–Crippen MR) is 66.4 cm³/mol. The fourth-order valence-corrected chi connectivity index (χ4v) is 1.51. The molecule has 1 unspecified atom stereocenters. The summed E-state index contributed by atoms with van der Waals surface area (Å²) in [4.78, 5) is 15.4. The van der Waals surface area contributed by atoms with Crippen molar-refractivity contribution in [3.63, 3.8) is 0 Å². The molecular formula is C12H20N2O4. The zero-order valence-electron chi connectivity index (χ0n) is 11.0. The standard InChI is InChI=1S/C12H20N2O4/c1-4-17-11(16)10-7-18-12(14-10)13-9(5-6-15)8(2)3/h7-9,15H,4-6H2,1-3H3,(H,13,14). The van der Waals surface area contributed by atoms with E-state index in [9.17, 15) is 4.79 Å². The number of hydrogen-bond donors (Lipinski definition) is 2. The Morgan fingerprint density at radius 3 is 2.89 bits per heavy atom. The van der Waals surface area contributed by atoms with Gasteiger partial charge in [0.25, 0.3) is 6.01 Å². The molecule has 0 aliphatic rings. The van der Waals surface area contributed by atoms with E-state index in [-0.39, 0.29) is 24.4 Å². The van der Waals surface area contributed by atoms with Gasteiger partial charge in [-0.2, -0.15) is 4.98 Å². The first-order valence-corrected chi connectivity index (χ1v) is 6.08. The Morgan fingerprint density at radius 1 is 1.61 bits per heavy atom. The Morgan fingerprint density at radius 2 is 2.33 bits per heavy atom. The maximum Gasteiger partial charge on any atom is 0.360 e. The summed E-state index contributed by atoms with van der Waals surface area (Å²) in [5, 5.41) is 12.0. The molecular weight excluding hydrogens is 236 g/mol. The molecule has 0 aromatic carbocycles. The van der Waals surface area contributed by atoms with Crippen molar-refractivity contribution < 1.29 is 19.1 Å². The molecule has 0 aliphatic carbocycles. The van der Waals surface area contributed by atoms with Gasteiger partial charge in [0.05, 0.1) is 6.61 Å². The monoisotopic (exact) mass is 256 g/mol. The third-order valence-electron chi connectivity index (χ3n) is 2.54. The number of aliphatic hydroxyl groups is 1. The molecule has 0 radical (unpaired) electrons. The van der Waals surface area contributed by atoms with Crippen LogP contribution in [0.5, 0.6) is 0 Å². The average Bonchev–Trinajstić information content (AvgIpc) is 2.77. The third-order valence-corrected chi connectivity index (χ3v) is 2.54. The molecule has 0 saturated heterocycles. The summed E-state index contributed by atoms with van der Waals surface area (Å²) in [5.74, 6) is -0.187. The van der Waals surface area contributed by atoms with Crippen molar-refractivity contribution in [2.45, 2.75) is 33.2 Å².